The third-order valence-corrected chi connectivity index (χ3v) is 2.10. The quantitative estimate of drug-likeness (QED) is 0.381. The Morgan fingerprint density at radius 2 is 2.13 bits per heavy atom. The minimum Gasteiger partial charge on any atom is -0.463 e. The highest BCUT2D eigenvalue weighted by Gasteiger charge is 2.03. The van der Waals surface area contributed by atoms with Crippen LogP contribution in [0.3, 0.4) is 0 Å². The molecule has 0 aromatic heterocycles. The number of carbonyl (C=O) groups is 1. The molecule has 15 heavy (non-hydrogen) atoms. The van der Waals surface area contributed by atoms with Crippen LogP contribution in [0.25, 0.3) is 0 Å². The molecule has 0 aliphatic carbocycles. The number of esters is 1. The zero-order valence-corrected chi connectivity index (χ0v) is 9.50. The Morgan fingerprint density at radius 3 is 2.60 bits per heavy atom. The average Bonchev–Trinajstić information content (AvgIpc) is 2.01. The first-order chi connectivity index (χ1) is 6.85. The summed E-state index contributed by atoms with van der Waals surface area (Å²) >= 11 is 0. The summed E-state index contributed by atoms with van der Waals surface area (Å²) in [6.07, 6.45) is 1.22. The van der Waals surface area contributed by atoms with E-state index in [0.717, 1.165) is 0 Å². The summed E-state index contributed by atoms with van der Waals surface area (Å²) in [7, 11) is -3.96. The van der Waals surface area contributed by atoms with Crippen molar-refractivity contribution in [2.24, 2.45) is 0 Å². The molecular weight excluding hydrogens is 222 g/mol. The summed E-state index contributed by atoms with van der Waals surface area (Å²) in [5.74, 6) is -0.893. The van der Waals surface area contributed by atoms with Crippen molar-refractivity contribution in [2.45, 2.75) is 13.8 Å². The van der Waals surface area contributed by atoms with E-state index in [-0.39, 0.29) is 13.2 Å². The van der Waals surface area contributed by atoms with Crippen LogP contribution < -0.4 is 5.32 Å². The second-order valence-corrected chi connectivity index (χ2v) is 4.36. The van der Waals surface area contributed by atoms with Gasteiger partial charge in [0.1, 0.15) is 0 Å². The van der Waals surface area contributed by atoms with Crippen LogP contribution in [-0.4, -0.2) is 37.8 Å². The highest BCUT2D eigenvalue weighted by Crippen LogP contribution is 1.90. The topological polar surface area (TPSA) is 92.7 Å². The van der Waals surface area contributed by atoms with Crippen molar-refractivity contribution in [2.75, 3.05) is 18.9 Å². The van der Waals surface area contributed by atoms with E-state index in [1.807, 2.05) is 0 Å². The molecule has 0 atom stereocenters. The van der Waals surface area contributed by atoms with E-state index in [1.165, 1.54) is 6.08 Å². The molecule has 0 spiro atoms. The van der Waals surface area contributed by atoms with Crippen LogP contribution in [0.5, 0.6) is 0 Å². The maximum absolute atomic E-state index is 10.9. The van der Waals surface area contributed by atoms with Crippen LogP contribution in [0.1, 0.15) is 13.8 Å². The first-order valence-corrected chi connectivity index (χ1v) is 6.00. The van der Waals surface area contributed by atoms with Gasteiger partial charge in [-0.05, 0) is 13.8 Å². The highest BCUT2D eigenvalue weighted by molar-refractivity contribution is 7.85. The van der Waals surface area contributed by atoms with Crippen LogP contribution in [0.4, 0.5) is 0 Å². The van der Waals surface area contributed by atoms with Gasteiger partial charge in [-0.15, -0.1) is 0 Å². The normalized spacial score (nSPS) is 12.3. The molecule has 7 heteroatoms. The van der Waals surface area contributed by atoms with Crippen LogP contribution >= 0.6 is 0 Å². The molecule has 0 heterocycles. The average molecular weight is 237 g/mol. The maximum Gasteiger partial charge on any atom is 0.332 e. The van der Waals surface area contributed by atoms with E-state index in [9.17, 15) is 13.2 Å². The van der Waals surface area contributed by atoms with Crippen molar-refractivity contribution in [3.63, 3.8) is 0 Å². The number of carbonyl (C=O) groups excluding carboxylic acids is 1. The largest absolute Gasteiger partial charge is 0.463 e. The number of rotatable bonds is 6. The smallest absolute Gasteiger partial charge is 0.332 e. The molecule has 0 aliphatic rings. The summed E-state index contributed by atoms with van der Waals surface area (Å²) in [5.41, 5.74) is 0.483. The van der Waals surface area contributed by atoms with Crippen LogP contribution in [-0.2, 0) is 19.6 Å². The summed E-state index contributed by atoms with van der Waals surface area (Å²) < 4.78 is 33.7. The van der Waals surface area contributed by atoms with Crippen LogP contribution in [0, 0.1) is 0 Å². The Balaban J connectivity index is 3.93. The first-order valence-electron chi connectivity index (χ1n) is 4.39. The molecule has 0 aromatic carbocycles. The molecule has 0 aliphatic heterocycles. The standard InChI is InChI=1S/C8H15NO5S/c1-3-14-8(10)6-7(2)9-4-5-15(11,12)13/h6,9H,3-5H2,1-2H3,(H,11,12,13). The monoisotopic (exact) mass is 237 g/mol. The fourth-order valence-corrected chi connectivity index (χ4v) is 1.15. The van der Waals surface area contributed by atoms with E-state index >= 15 is 0 Å². The Bertz CT molecular complexity index is 333. The summed E-state index contributed by atoms with van der Waals surface area (Å²) in [6.45, 7) is 3.61. The molecule has 6 nitrogen and oxygen atoms in total. The molecule has 0 unspecified atom stereocenters. The lowest BCUT2D eigenvalue weighted by Crippen LogP contribution is -2.21. The molecule has 2 N–H and O–H groups in total. The van der Waals surface area contributed by atoms with E-state index in [4.69, 9.17) is 4.55 Å². The number of ether oxygens (including phenoxy) is 1. The fraction of sp³-hybridized carbons (Fsp3) is 0.625. The van der Waals surface area contributed by atoms with Crippen molar-refractivity contribution in [1.29, 1.82) is 0 Å². The first kappa shape index (κ1) is 13.9. The SMILES string of the molecule is CCOC(=O)C=C(C)NCCS(=O)(=O)O. The minimum absolute atomic E-state index is 0.0422. The molecule has 0 saturated heterocycles. The molecule has 0 bridgehead atoms. The van der Waals surface area contributed by atoms with Gasteiger partial charge in [-0.25, -0.2) is 4.79 Å². The Kier molecular flexibility index (Phi) is 5.95. The zero-order chi connectivity index (χ0) is 11.9. The van der Waals surface area contributed by atoms with Gasteiger partial charge in [0.15, 0.2) is 0 Å². The second kappa shape index (κ2) is 6.41. The lowest BCUT2D eigenvalue weighted by atomic mass is 10.4. The van der Waals surface area contributed by atoms with Gasteiger partial charge in [0.05, 0.1) is 12.4 Å². The molecular formula is C8H15NO5S. The van der Waals surface area contributed by atoms with Gasteiger partial charge in [0.25, 0.3) is 10.1 Å². The third kappa shape index (κ3) is 9.23. The maximum atomic E-state index is 10.9. The van der Waals surface area contributed by atoms with Crippen molar-refractivity contribution < 1.29 is 22.5 Å². The van der Waals surface area contributed by atoms with E-state index in [1.54, 1.807) is 13.8 Å². The van der Waals surface area contributed by atoms with Crippen molar-refractivity contribution >= 4 is 16.1 Å². The van der Waals surface area contributed by atoms with E-state index in [2.05, 4.69) is 10.1 Å². The van der Waals surface area contributed by atoms with Crippen molar-refractivity contribution in [1.82, 2.24) is 5.32 Å². The highest BCUT2D eigenvalue weighted by atomic mass is 32.2. The van der Waals surface area contributed by atoms with Gasteiger partial charge in [0, 0.05) is 18.3 Å². The predicted octanol–water partition coefficient (Wildman–Crippen LogP) is -0.0693. The van der Waals surface area contributed by atoms with Gasteiger partial charge >= 0.3 is 5.97 Å². The molecule has 0 fully saturated rings. The minimum atomic E-state index is -3.96. The Morgan fingerprint density at radius 1 is 1.53 bits per heavy atom. The van der Waals surface area contributed by atoms with Crippen molar-refractivity contribution in [3.8, 4) is 0 Å². The van der Waals surface area contributed by atoms with Gasteiger partial charge in [-0.3, -0.25) is 4.55 Å². The number of nitrogens with one attached hydrogen (secondary N) is 1. The van der Waals surface area contributed by atoms with Gasteiger partial charge < -0.3 is 10.1 Å². The molecule has 88 valence electrons. The van der Waals surface area contributed by atoms with Crippen LogP contribution in [0.2, 0.25) is 0 Å². The van der Waals surface area contributed by atoms with Gasteiger partial charge in [-0.1, -0.05) is 0 Å². The van der Waals surface area contributed by atoms with E-state index < -0.39 is 21.8 Å². The fourth-order valence-electron chi connectivity index (χ4n) is 0.789. The molecule has 0 rings (SSSR count). The van der Waals surface area contributed by atoms with Crippen LogP contribution in [0.15, 0.2) is 11.8 Å². The molecule has 0 amide bonds. The lowest BCUT2D eigenvalue weighted by Gasteiger charge is -2.04. The Hall–Kier alpha value is -1.08. The van der Waals surface area contributed by atoms with Gasteiger partial charge in [-0.2, -0.15) is 8.42 Å². The van der Waals surface area contributed by atoms with Crippen molar-refractivity contribution in [3.05, 3.63) is 11.8 Å². The third-order valence-electron chi connectivity index (χ3n) is 1.38. The zero-order valence-electron chi connectivity index (χ0n) is 8.69. The van der Waals surface area contributed by atoms with Gasteiger partial charge in [0.2, 0.25) is 0 Å². The summed E-state index contributed by atoms with van der Waals surface area (Å²) in [5, 5.41) is 2.65. The second-order valence-electron chi connectivity index (χ2n) is 2.79. The Labute approximate surface area is 89.1 Å². The molecule has 0 aromatic rings. The number of hydrogen-bond donors (Lipinski definition) is 2. The number of allylic oxidation sites excluding steroid dienone is 1. The lowest BCUT2D eigenvalue weighted by molar-refractivity contribution is -0.137. The predicted molar refractivity (Wildman–Crippen MR) is 54.8 cm³/mol. The summed E-state index contributed by atoms with van der Waals surface area (Å²) in [4.78, 5) is 10.9. The number of hydrogen-bond acceptors (Lipinski definition) is 5. The molecule has 0 saturated carbocycles. The molecule has 0 radical (unpaired) electrons. The van der Waals surface area contributed by atoms with E-state index in [0.29, 0.717) is 5.70 Å². The summed E-state index contributed by atoms with van der Waals surface area (Å²) in [6, 6.07) is 0.